The molecule has 0 fully saturated rings. The van der Waals surface area contributed by atoms with Gasteiger partial charge in [-0.2, -0.15) is 0 Å². The molecule has 0 saturated carbocycles. The molecule has 31 heavy (non-hydrogen) atoms. The van der Waals surface area contributed by atoms with Gasteiger partial charge >= 0.3 is 19.5 Å². The summed E-state index contributed by atoms with van der Waals surface area (Å²) in [4.78, 5) is 8.14. The molecule has 4 aromatic rings. The Balaban J connectivity index is 0.000000213. The van der Waals surface area contributed by atoms with E-state index >= 15 is 0 Å². The molecular formula is C26H20N2O2Zn. The average Bonchev–Trinajstić information content (AvgIpc) is 2.82. The normalized spacial score (nSPS) is 11.0. The van der Waals surface area contributed by atoms with Crippen molar-refractivity contribution in [1.29, 1.82) is 0 Å². The van der Waals surface area contributed by atoms with E-state index in [9.17, 15) is 10.2 Å². The van der Waals surface area contributed by atoms with Gasteiger partial charge in [-0.05, 0) is 47.5 Å². The Morgan fingerprint density at radius 3 is 1.19 bits per heavy atom. The Hall–Kier alpha value is -3.56. The smallest absolute Gasteiger partial charge is 0.872 e. The molecule has 0 bridgehead atoms. The first-order chi connectivity index (χ1) is 14.7. The van der Waals surface area contributed by atoms with Crippen LogP contribution in [0.3, 0.4) is 0 Å². The molecule has 148 valence electrons. The van der Waals surface area contributed by atoms with Crippen LogP contribution in [-0.4, -0.2) is 9.97 Å². The van der Waals surface area contributed by atoms with Gasteiger partial charge in [0.15, 0.2) is 0 Å². The molecule has 4 rings (SSSR count). The van der Waals surface area contributed by atoms with Crippen molar-refractivity contribution in [3.63, 3.8) is 0 Å². The van der Waals surface area contributed by atoms with E-state index in [0.717, 1.165) is 0 Å². The summed E-state index contributed by atoms with van der Waals surface area (Å²) in [5, 5.41) is 23.4. The van der Waals surface area contributed by atoms with Crippen LogP contribution in [0.1, 0.15) is 22.5 Å². The topological polar surface area (TPSA) is 71.9 Å². The summed E-state index contributed by atoms with van der Waals surface area (Å²) >= 11 is 0. The summed E-state index contributed by atoms with van der Waals surface area (Å²) in [6.07, 6.45) is 6.42. The number of pyridine rings is 2. The molecule has 5 heteroatoms. The van der Waals surface area contributed by atoms with Crippen LogP contribution in [0.2, 0.25) is 0 Å². The minimum atomic E-state index is -0.0192. The van der Waals surface area contributed by atoms with E-state index in [0.29, 0.717) is 22.5 Å². The van der Waals surface area contributed by atoms with Crippen molar-refractivity contribution in [2.24, 2.45) is 0 Å². The number of hydrogen-bond acceptors (Lipinski definition) is 4. The van der Waals surface area contributed by atoms with Crippen molar-refractivity contribution < 1.29 is 29.7 Å². The van der Waals surface area contributed by atoms with Gasteiger partial charge < -0.3 is 10.2 Å². The third-order valence-electron chi connectivity index (χ3n) is 4.05. The van der Waals surface area contributed by atoms with Crippen LogP contribution in [0.5, 0.6) is 0 Å². The quantitative estimate of drug-likeness (QED) is 0.344. The molecule has 0 radical (unpaired) electrons. The Bertz CT molecular complexity index is 994. The fraction of sp³-hybridized carbons (Fsp3) is 0. The molecule has 4 nitrogen and oxygen atoms in total. The molecule has 0 aliphatic carbocycles. The fourth-order valence-corrected chi connectivity index (χ4v) is 2.56. The van der Waals surface area contributed by atoms with Gasteiger partial charge in [-0.15, -0.1) is 0 Å². The van der Waals surface area contributed by atoms with Crippen LogP contribution in [0, 0.1) is 0 Å². The van der Waals surface area contributed by atoms with E-state index < -0.39 is 0 Å². The zero-order chi connectivity index (χ0) is 21.0. The first kappa shape index (κ1) is 23.7. The summed E-state index contributed by atoms with van der Waals surface area (Å²) in [6.45, 7) is 0. The van der Waals surface area contributed by atoms with Crippen LogP contribution in [-0.2, 0) is 19.5 Å². The van der Waals surface area contributed by atoms with E-state index in [1.54, 1.807) is 48.8 Å². The zero-order valence-corrected chi connectivity index (χ0v) is 19.9. The molecule has 2 aromatic carbocycles. The van der Waals surface area contributed by atoms with Crippen LogP contribution in [0.4, 0.5) is 0 Å². The number of rotatable bonds is 4. The van der Waals surface area contributed by atoms with Crippen LogP contribution < -0.4 is 10.2 Å². The van der Waals surface area contributed by atoms with Crippen molar-refractivity contribution >= 4 is 23.7 Å². The van der Waals surface area contributed by atoms with Gasteiger partial charge in [-0.1, -0.05) is 84.3 Å². The minimum Gasteiger partial charge on any atom is -0.872 e. The van der Waals surface area contributed by atoms with Gasteiger partial charge in [0.1, 0.15) is 0 Å². The number of nitrogens with zero attached hydrogens (tertiary/aromatic N) is 2. The second kappa shape index (κ2) is 12.9. The van der Waals surface area contributed by atoms with Crippen molar-refractivity contribution in [3.05, 3.63) is 132 Å². The summed E-state index contributed by atoms with van der Waals surface area (Å²) in [6, 6.07) is 29.3. The van der Waals surface area contributed by atoms with Gasteiger partial charge in [0.25, 0.3) is 0 Å². The Labute approximate surface area is 195 Å². The second-order valence-corrected chi connectivity index (χ2v) is 6.26. The Kier molecular flexibility index (Phi) is 9.86. The van der Waals surface area contributed by atoms with Crippen molar-refractivity contribution in [2.45, 2.75) is 0 Å². The van der Waals surface area contributed by atoms with E-state index in [2.05, 4.69) is 9.97 Å². The average molecular weight is 458 g/mol. The molecule has 2 aromatic heterocycles. The van der Waals surface area contributed by atoms with Gasteiger partial charge in [0.05, 0.1) is 11.4 Å². The molecular weight excluding hydrogens is 438 g/mol. The monoisotopic (exact) mass is 456 g/mol. The Morgan fingerprint density at radius 2 is 0.871 bits per heavy atom. The van der Waals surface area contributed by atoms with Crippen LogP contribution >= 0.6 is 0 Å². The van der Waals surface area contributed by atoms with Crippen molar-refractivity contribution in [1.82, 2.24) is 9.97 Å². The number of hydrogen-bond donors (Lipinski definition) is 0. The molecule has 0 N–H and O–H groups in total. The molecule has 0 amide bonds. The van der Waals surface area contributed by atoms with E-state index in [1.807, 2.05) is 60.7 Å². The third kappa shape index (κ3) is 8.00. The molecule has 0 spiro atoms. The van der Waals surface area contributed by atoms with Gasteiger partial charge in [-0.25, -0.2) is 0 Å². The minimum absolute atomic E-state index is 0. The molecule has 0 atom stereocenters. The number of aromatic nitrogens is 2. The second-order valence-electron chi connectivity index (χ2n) is 6.26. The van der Waals surface area contributed by atoms with E-state index in [1.165, 1.54) is 12.2 Å². The Morgan fingerprint density at radius 1 is 0.516 bits per heavy atom. The van der Waals surface area contributed by atoms with Crippen molar-refractivity contribution in [2.75, 3.05) is 0 Å². The van der Waals surface area contributed by atoms with Crippen LogP contribution in [0.15, 0.2) is 109 Å². The summed E-state index contributed by atoms with van der Waals surface area (Å²) in [7, 11) is 0. The van der Waals surface area contributed by atoms with Gasteiger partial charge in [-0.3, -0.25) is 9.97 Å². The molecule has 0 aliphatic heterocycles. The van der Waals surface area contributed by atoms with Crippen LogP contribution in [0.25, 0.3) is 23.7 Å². The number of benzene rings is 2. The molecule has 2 heterocycles. The fourth-order valence-electron chi connectivity index (χ4n) is 2.56. The summed E-state index contributed by atoms with van der Waals surface area (Å²) < 4.78 is 0. The largest absolute Gasteiger partial charge is 2.00 e. The maximum Gasteiger partial charge on any atom is 2.00 e. The maximum absolute atomic E-state index is 11.7. The van der Waals surface area contributed by atoms with E-state index in [-0.39, 0.29) is 31.0 Å². The van der Waals surface area contributed by atoms with E-state index in [4.69, 9.17) is 0 Å². The summed E-state index contributed by atoms with van der Waals surface area (Å²) in [5.74, 6) is -0.0383. The molecule has 0 unspecified atom stereocenters. The first-order valence-corrected chi connectivity index (χ1v) is 9.43. The molecule has 0 aliphatic rings. The maximum atomic E-state index is 11.7. The van der Waals surface area contributed by atoms with Gasteiger partial charge in [0, 0.05) is 12.4 Å². The summed E-state index contributed by atoms with van der Waals surface area (Å²) in [5.41, 5.74) is 2.74. The SMILES string of the molecule is [O-]/C(=C\c1ccccn1)c1ccccc1.[O-]/C(=C\c1ccccn1)c1ccccc1.[Zn+2]. The predicted molar refractivity (Wildman–Crippen MR) is 117 cm³/mol. The predicted octanol–water partition coefficient (Wildman–Crippen LogP) is 3.88. The van der Waals surface area contributed by atoms with Gasteiger partial charge in [0.2, 0.25) is 0 Å². The molecule has 0 saturated heterocycles. The first-order valence-electron chi connectivity index (χ1n) is 9.43. The zero-order valence-electron chi connectivity index (χ0n) is 17.0. The van der Waals surface area contributed by atoms with Crippen molar-refractivity contribution in [3.8, 4) is 0 Å². The third-order valence-corrected chi connectivity index (χ3v) is 4.05. The standard InChI is InChI=1S/2C13H11NO.Zn/c2*15-13(11-6-2-1-3-7-11)10-12-8-4-5-9-14-12;/h2*1-10,15H;/q;;+2/p-2/b2*13-10-;.